The summed E-state index contributed by atoms with van der Waals surface area (Å²) in [5, 5.41) is 10.2. The number of nitriles is 1. The first kappa shape index (κ1) is 26.6. The number of hydrogen-bond donors (Lipinski definition) is 1. The van der Waals surface area contributed by atoms with Gasteiger partial charge in [-0.25, -0.2) is 9.18 Å². The van der Waals surface area contributed by atoms with Crippen LogP contribution in [0, 0.1) is 17.1 Å². The van der Waals surface area contributed by atoms with E-state index in [-0.39, 0.29) is 40.2 Å². The molecule has 200 valence electrons. The van der Waals surface area contributed by atoms with Gasteiger partial charge in [0.1, 0.15) is 47.1 Å². The second kappa shape index (κ2) is 11.4. The van der Waals surface area contributed by atoms with Crippen molar-refractivity contribution in [2.24, 2.45) is 5.73 Å². The van der Waals surface area contributed by atoms with Crippen molar-refractivity contribution in [3.63, 3.8) is 0 Å². The van der Waals surface area contributed by atoms with Crippen LogP contribution in [-0.2, 0) is 6.61 Å². The standard InChI is InChI=1S/C31H22ClFN2O5/c1-37-27-12-9-19(14-25(27)32)31(36)39-22-10-11-23-28(15-22)40-30(35)24(16-34)29(23)18-6-4-7-21(13-18)38-17-20-5-2-3-8-26(20)33/h2-15,29H,17,35H2,1H3. The van der Waals surface area contributed by atoms with Gasteiger partial charge in [-0.1, -0.05) is 48.0 Å². The van der Waals surface area contributed by atoms with Crippen LogP contribution in [-0.4, -0.2) is 13.1 Å². The molecule has 0 fully saturated rings. The maximum Gasteiger partial charge on any atom is 0.343 e. The highest BCUT2D eigenvalue weighted by Crippen LogP contribution is 2.44. The van der Waals surface area contributed by atoms with Crippen molar-refractivity contribution in [2.75, 3.05) is 7.11 Å². The van der Waals surface area contributed by atoms with Crippen LogP contribution in [0.25, 0.3) is 0 Å². The molecule has 0 aliphatic carbocycles. The van der Waals surface area contributed by atoms with Gasteiger partial charge in [0.2, 0.25) is 5.88 Å². The molecule has 0 radical (unpaired) electrons. The number of rotatable bonds is 7. The Hall–Kier alpha value is -5.00. The molecule has 2 N–H and O–H groups in total. The Morgan fingerprint density at radius 1 is 1.05 bits per heavy atom. The third-order valence-corrected chi connectivity index (χ3v) is 6.63. The summed E-state index contributed by atoms with van der Waals surface area (Å²) in [6, 6.07) is 25.1. The third kappa shape index (κ3) is 5.41. The van der Waals surface area contributed by atoms with Crippen molar-refractivity contribution < 1.29 is 28.1 Å². The molecule has 7 nitrogen and oxygen atoms in total. The lowest BCUT2D eigenvalue weighted by atomic mass is 9.83. The summed E-state index contributed by atoms with van der Waals surface area (Å²) in [6.45, 7) is 0.0394. The van der Waals surface area contributed by atoms with E-state index in [9.17, 15) is 14.4 Å². The highest BCUT2D eigenvalue weighted by molar-refractivity contribution is 6.32. The average molecular weight is 557 g/mol. The summed E-state index contributed by atoms with van der Waals surface area (Å²) in [5.74, 6) is -0.151. The minimum atomic E-state index is -0.627. The van der Waals surface area contributed by atoms with Gasteiger partial charge in [0.25, 0.3) is 0 Å². The van der Waals surface area contributed by atoms with Crippen LogP contribution in [0.4, 0.5) is 4.39 Å². The maximum atomic E-state index is 14.0. The molecule has 1 aliphatic heterocycles. The van der Waals surface area contributed by atoms with E-state index in [1.54, 1.807) is 60.7 Å². The molecule has 1 heterocycles. The Labute approximate surface area is 234 Å². The number of fused-ring (bicyclic) bond motifs is 1. The number of ether oxygens (including phenoxy) is 4. The molecule has 0 amide bonds. The van der Waals surface area contributed by atoms with Crippen molar-refractivity contribution >= 4 is 17.6 Å². The van der Waals surface area contributed by atoms with Crippen LogP contribution in [0.15, 0.2) is 96.4 Å². The molecule has 0 aromatic heterocycles. The number of methoxy groups -OCH3 is 1. The minimum absolute atomic E-state index is 0.0394. The first-order valence-corrected chi connectivity index (χ1v) is 12.5. The number of nitrogens with zero attached hydrogens (tertiary/aromatic N) is 1. The summed E-state index contributed by atoms with van der Waals surface area (Å²) in [4.78, 5) is 12.7. The summed E-state index contributed by atoms with van der Waals surface area (Å²) >= 11 is 6.13. The molecule has 0 saturated carbocycles. The van der Waals surface area contributed by atoms with Gasteiger partial charge < -0.3 is 24.7 Å². The molecule has 0 bridgehead atoms. The van der Waals surface area contributed by atoms with Gasteiger partial charge in [-0.15, -0.1) is 0 Å². The van der Waals surface area contributed by atoms with Crippen molar-refractivity contribution in [3.8, 4) is 29.1 Å². The van der Waals surface area contributed by atoms with Crippen molar-refractivity contribution in [2.45, 2.75) is 12.5 Å². The second-order valence-corrected chi connectivity index (χ2v) is 9.22. The van der Waals surface area contributed by atoms with Gasteiger partial charge in [-0.2, -0.15) is 5.26 Å². The number of esters is 1. The molecule has 1 unspecified atom stereocenters. The summed E-state index contributed by atoms with van der Waals surface area (Å²) in [5.41, 5.74) is 8.37. The lowest BCUT2D eigenvalue weighted by Gasteiger charge is -2.27. The van der Waals surface area contributed by atoms with Crippen molar-refractivity contribution in [3.05, 3.63) is 129 Å². The molecule has 5 rings (SSSR count). The lowest BCUT2D eigenvalue weighted by Crippen LogP contribution is -2.21. The van der Waals surface area contributed by atoms with Crippen LogP contribution < -0.4 is 24.7 Å². The van der Waals surface area contributed by atoms with Gasteiger partial charge in [0.15, 0.2) is 0 Å². The molecule has 4 aromatic carbocycles. The van der Waals surface area contributed by atoms with Gasteiger partial charge in [-0.05, 0) is 48.0 Å². The Balaban J connectivity index is 1.41. The molecule has 40 heavy (non-hydrogen) atoms. The Kier molecular flexibility index (Phi) is 7.58. The van der Waals surface area contributed by atoms with E-state index < -0.39 is 11.9 Å². The summed E-state index contributed by atoms with van der Waals surface area (Å²) < 4.78 is 36.3. The van der Waals surface area contributed by atoms with E-state index in [2.05, 4.69) is 6.07 Å². The molecular formula is C31H22ClFN2O5. The van der Waals surface area contributed by atoms with Crippen LogP contribution >= 0.6 is 11.6 Å². The normalized spacial score (nSPS) is 14.0. The van der Waals surface area contributed by atoms with E-state index in [0.29, 0.717) is 33.9 Å². The van der Waals surface area contributed by atoms with E-state index >= 15 is 0 Å². The molecular weight excluding hydrogens is 535 g/mol. The molecule has 4 aromatic rings. The molecule has 1 aliphatic rings. The van der Waals surface area contributed by atoms with Gasteiger partial charge in [0.05, 0.1) is 23.6 Å². The first-order chi connectivity index (χ1) is 19.4. The summed E-state index contributed by atoms with van der Waals surface area (Å²) in [7, 11) is 1.48. The molecule has 9 heteroatoms. The third-order valence-electron chi connectivity index (χ3n) is 6.33. The SMILES string of the molecule is COc1ccc(C(=O)Oc2ccc3c(c2)OC(N)=C(C#N)C3c2cccc(OCc3ccccc3F)c2)cc1Cl. The zero-order valence-electron chi connectivity index (χ0n) is 21.2. The van der Waals surface area contributed by atoms with Crippen LogP contribution in [0.2, 0.25) is 5.02 Å². The number of allylic oxidation sites excluding steroid dienone is 1. The highest BCUT2D eigenvalue weighted by atomic mass is 35.5. The topological polar surface area (TPSA) is 104 Å². The lowest BCUT2D eigenvalue weighted by molar-refractivity contribution is 0.0734. The number of hydrogen-bond acceptors (Lipinski definition) is 7. The predicted molar refractivity (Wildman–Crippen MR) is 146 cm³/mol. The Morgan fingerprint density at radius 3 is 2.62 bits per heavy atom. The fraction of sp³-hybridized carbons (Fsp3) is 0.0968. The fourth-order valence-corrected chi connectivity index (χ4v) is 4.62. The minimum Gasteiger partial charge on any atom is -0.495 e. The zero-order valence-corrected chi connectivity index (χ0v) is 21.9. The monoisotopic (exact) mass is 556 g/mol. The number of benzene rings is 4. The number of carbonyl (C=O) groups excluding carboxylic acids is 1. The number of nitrogens with two attached hydrogens (primary N) is 1. The number of halogens is 2. The fourth-order valence-electron chi connectivity index (χ4n) is 4.36. The first-order valence-electron chi connectivity index (χ1n) is 12.1. The number of carbonyl (C=O) groups is 1. The van der Waals surface area contributed by atoms with Gasteiger partial charge >= 0.3 is 5.97 Å². The van der Waals surface area contributed by atoms with E-state index in [1.807, 2.05) is 6.07 Å². The van der Waals surface area contributed by atoms with Crippen LogP contribution in [0.5, 0.6) is 23.0 Å². The maximum absolute atomic E-state index is 14.0. The quantitative estimate of drug-likeness (QED) is 0.204. The van der Waals surface area contributed by atoms with Crippen LogP contribution in [0.1, 0.15) is 33.0 Å². The van der Waals surface area contributed by atoms with Crippen LogP contribution in [0.3, 0.4) is 0 Å². The second-order valence-electron chi connectivity index (χ2n) is 8.82. The van der Waals surface area contributed by atoms with Gasteiger partial charge in [-0.3, -0.25) is 0 Å². The average Bonchev–Trinajstić information content (AvgIpc) is 2.96. The summed E-state index contributed by atoms with van der Waals surface area (Å²) in [6.07, 6.45) is 0. The largest absolute Gasteiger partial charge is 0.495 e. The van der Waals surface area contributed by atoms with Crippen molar-refractivity contribution in [1.29, 1.82) is 5.26 Å². The molecule has 0 spiro atoms. The zero-order chi connectivity index (χ0) is 28.2. The highest BCUT2D eigenvalue weighted by Gasteiger charge is 2.31. The Morgan fingerprint density at radius 2 is 1.88 bits per heavy atom. The van der Waals surface area contributed by atoms with E-state index in [1.165, 1.54) is 25.3 Å². The molecule has 0 saturated heterocycles. The predicted octanol–water partition coefficient (Wildman–Crippen LogP) is 6.50. The van der Waals surface area contributed by atoms with Crippen molar-refractivity contribution in [1.82, 2.24) is 0 Å². The molecule has 1 atom stereocenters. The smallest absolute Gasteiger partial charge is 0.343 e. The van der Waals surface area contributed by atoms with E-state index in [0.717, 1.165) is 0 Å². The van der Waals surface area contributed by atoms with Gasteiger partial charge in [0, 0.05) is 17.2 Å². The Bertz CT molecular complexity index is 1680. The van der Waals surface area contributed by atoms with E-state index in [4.69, 9.17) is 36.3 Å².